The van der Waals surface area contributed by atoms with E-state index in [4.69, 9.17) is 0 Å². The van der Waals surface area contributed by atoms with Crippen molar-refractivity contribution in [3.63, 3.8) is 0 Å². The average Bonchev–Trinajstić information content (AvgIpc) is 2.92. The minimum Gasteiger partial charge on any atom is -0.277 e. The van der Waals surface area contributed by atoms with Crippen LogP contribution in [0.4, 0.5) is 0 Å². The van der Waals surface area contributed by atoms with E-state index >= 15 is 0 Å². The van der Waals surface area contributed by atoms with Gasteiger partial charge in [0.25, 0.3) is 0 Å². The summed E-state index contributed by atoms with van der Waals surface area (Å²) in [5.74, 6) is 0. The molecule has 0 radical (unpaired) electrons. The summed E-state index contributed by atoms with van der Waals surface area (Å²) in [6, 6.07) is 12.3. The Balaban J connectivity index is 1.85. The number of nitrogens with zero attached hydrogens (tertiary/aromatic N) is 1. The summed E-state index contributed by atoms with van der Waals surface area (Å²) in [5.41, 5.74) is 2.22. The number of benzene rings is 1. The third kappa shape index (κ3) is 4.64. The van der Waals surface area contributed by atoms with Crippen molar-refractivity contribution in [2.75, 3.05) is 6.26 Å². The monoisotopic (exact) mass is 268 g/mol. The summed E-state index contributed by atoms with van der Waals surface area (Å²) in [6.07, 6.45) is 14.1. The second-order valence-corrected chi connectivity index (χ2v) is 4.71. The molecule has 2 rings (SSSR count). The first kappa shape index (κ1) is 13.4. The van der Waals surface area contributed by atoms with Crippen LogP contribution in [0.15, 0.2) is 65.7 Å². The molecule has 0 fully saturated rings. The van der Waals surface area contributed by atoms with Gasteiger partial charge in [0.05, 0.1) is 5.69 Å². The lowest BCUT2D eigenvalue weighted by atomic mass is 10.2. The van der Waals surface area contributed by atoms with Crippen molar-refractivity contribution in [2.45, 2.75) is 5.03 Å². The van der Waals surface area contributed by atoms with Crippen LogP contribution < -0.4 is 0 Å². The summed E-state index contributed by atoms with van der Waals surface area (Å²) >= 11 is 1.63. The van der Waals surface area contributed by atoms with Crippen molar-refractivity contribution in [3.8, 4) is 0 Å². The molecule has 2 nitrogen and oxygen atoms in total. The molecule has 0 spiro atoms. The number of allylic oxidation sites excluding steroid dienone is 4. The molecule has 2 aromatic rings. The molecule has 1 aromatic carbocycles. The van der Waals surface area contributed by atoms with Gasteiger partial charge in [-0.3, -0.25) is 5.10 Å². The van der Waals surface area contributed by atoms with E-state index in [0.29, 0.717) is 0 Å². The van der Waals surface area contributed by atoms with Crippen molar-refractivity contribution >= 4 is 23.9 Å². The minimum atomic E-state index is 1.01. The molecule has 96 valence electrons. The highest BCUT2D eigenvalue weighted by atomic mass is 32.2. The number of nitrogens with one attached hydrogen (secondary N) is 1. The van der Waals surface area contributed by atoms with Gasteiger partial charge >= 0.3 is 0 Å². The topological polar surface area (TPSA) is 28.7 Å². The molecule has 1 aromatic heterocycles. The molecule has 0 aliphatic rings. The van der Waals surface area contributed by atoms with Gasteiger partial charge in [-0.1, -0.05) is 60.7 Å². The summed E-state index contributed by atoms with van der Waals surface area (Å²) < 4.78 is 0. The fraction of sp³-hybridized carbons (Fsp3) is 0.0625. The van der Waals surface area contributed by atoms with Gasteiger partial charge in [-0.05, 0) is 24.0 Å². The fourth-order valence-electron chi connectivity index (χ4n) is 1.53. The molecule has 0 saturated heterocycles. The predicted octanol–water partition coefficient (Wildman–Crippen LogP) is 4.41. The maximum Gasteiger partial charge on any atom is 0.118 e. The van der Waals surface area contributed by atoms with Crippen molar-refractivity contribution in [2.24, 2.45) is 0 Å². The zero-order valence-electron chi connectivity index (χ0n) is 10.8. The van der Waals surface area contributed by atoms with Crippen LogP contribution >= 0.6 is 11.8 Å². The van der Waals surface area contributed by atoms with E-state index in [1.54, 1.807) is 11.8 Å². The smallest absolute Gasteiger partial charge is 0.118 e. The molecule has 19 heavy (non-hydrogen) atoms. The highest BCUT2D eigenvalue weighted by molar-refractivity contribution is 7.98. The van der Waals surface area contributed by atoms with Gasteiger partial charge in [0.2, 0.25) is 0 Å². The molecule has 0 aliphatic carbocycles. The Bertz CT molecular complexity index is 580. The van der Waals surface area contributed by atoms with Gasteiger partial charge < -0.3 is 0 Å². The van der Waals surface area contributed by atoms with Crippen LogP contribution in [0.2, 0.25) is 0 Å². The van der Waals surface area contributed by atoms with E-state index in [-0.39, 0.29) is 0 Å². The largest absolute Gasteiger partial charge is 0.277 e. The number of rotatable bonds is 5. The van der Waals surface area contributed by atoms with Gasteiger partial charge in [0.15, 0.2) is 0 Å². The van der Waals surface area contributed by atoms with E-state index in [1.807, 2.05) is 60.9 Å². The quantitative estimate of drug-likeness (QED) is 0.642. The fourth-order valence-corrected chi connectivity index (χ4v) is 1.91. The number of aromatic nitrogens is 2. The van der Waals surface area contributed by atoms with Crippen LogP contribution in [0, 0.1) is 0 Å². The SMILES string of the molecule is CSc1cc(/C=C/C=C/C=C/c2ccccc2)[nH]n1. The maximum absolute atomic E-state index is 4.14. The second kappa shape index (κ2) is 7.44. The summed E-state index contributed by atoms with van der Waals surface area (Å²) in [5, 5.41) is 8.11. The zero-order valence-corrected chi connectivity index (χ0v) is 11.6. The minimum absolute atomic E-state index is 1.01. The highest BCUT2D eigenvalue weighted by Gasteiger charge is 1.93. The Hall–Kier alpha value is -2.00. The van der Waals surface area contributed by atoms with Gasteiger partial charge in [0.1, 0.15) is 5.03 Å². The van der Waals surface area contributed by atoms with E-state index in [1.165, 1.54) is 5.56 Å². The van der Waals surface area contributed by atoms with E-state index < -0.39 is 0 Å². The Morgan fingerprint density at radius 2 is 1.74 bits per heavy atom. The first-order valence-electron chi connectivity index (χ1n) is 6.04. The number of aromatic amines is 1. The molecule has 0 aliphatic heterocycles. The molecule has 1 heterocycles. The van der Waals surface area contributed by atoms with Crippen LogP contribution in [0.3, 0.4) is 0 Å². The van der Waals surface area contributed by atoms with E-state index in [9.17, 15) is 0 Å². The van der Waals surface area contributed by atoms with Crippen LogP contribution in [-0.2, 0) is 0 Å². The van der Waals surface area contributed by atoms with Crippen molar-refractivity contribution in [1.82, 2.24) is 10.2 Å². The number of H-pyrrole nitrogens is 1. The second-order valence-electron chi connectivity index (χ2n) is 3.88. The lowest BCUT2D eigenvalue weighted by molar-refractivity contribution is 1.000. The summed E-state index contributed by atoms with van der Waals surface area (Å²) in [7, 11) is 0. The number of hydrogen-bond acceptors (Lipinski definition) is 2. The predicted molar refractivity (Wildman–Crippen MR) is 84.0 cm³/mol. The van der Waals surface area contributed by atoms with Crippen molar-refractivity contribution in [3.05, 3.63) is 72.0 Å². The molecule has 0 atom stereocenters. The summed E-state index contributed by atoms with van der Waals surface area (Å²) in [6.45, 7) is 0. The number of hydrogen-bond donors (Lipinski definition) is 1. The standard InChI is InChI=1S/C16H16N2S/c1-19-16-13-15(17-18-16)12-8-3-2-5-9-14-10-6-4-7-11-14/h2-13H,1H3,(H,17,18)/b3-2+,9-5+,12-8+. The van der Waals surface area contributed by atoms with Crippen molar-refractivity contribution in [1.29, 1.82) is 0 Å². The third-order valence-corrected chi connectivity index (χ3v) is 3.11. The highest BCUT2D eigenvalue weighted by Crippen LogP contribution is 2.12. The Kier molecular flexibility index (Phi) is 5.26. The first-order valence-corrected chi connectivity index (χ1v) is 7.27. The van der Waals surface area contributed by atoms with Gasteiger partial charge in [-0.15, -0.1) is 11.8 Å². The van der Waals surface area contributed by atoms with E-state index in [0.717, 1.165) is 10.7 Å². The lowest BCUT2D eigenvalue weighted by Crippen LogP contribution is -1.69. The Labute approximate surface area is 117 Å². The zero-order chi connectivity index (χ0) is 13.3. The molecular weight excluding hydrogens is 252 g/mol. The first-order chi connectivity index (χ1) is 9.38. The molecule has 0 bridgehead atoms. The van der Waals surface area contributed by atoms with Gasteiger partial charge in [0, 0.05) is 0 Å². The van der Waals surface area contributed by atoms with Crippen LogP contribution in [0.25, 0.3) is 12.2 Å². The van der Waals surface area contributed by atoms with Gasteiger partial charge in [-0.2, -0.15) is 5.10 Å². The Morgan fingerprint density at radius 3 is 2.42 bits per heavy atom. The van der Waals surface area contributed by atoms with Crippen LogP contribution in [0.1, 0.15) is 11.3 Å². The maximum atomic E-state index is 4.14. The molecule has 0 unspecified atom stereocenters. The molecular formula is C16H16N2S. The Morgan fingerprint density at radius 1 is 1.00 bits per heavy atom. The van der Waals surface area contributed by atoms with Gasteiger partial charge in [-0.25, -0.2) is 0 Å². The number of thioether (sulfide) groups is 1. The molecule has 1 N–H and O–H groups in total. The molecule has 0 saturated carbocycles. The lowest BCUT2D eigenvalue weighted by Gasteiger charge is -1.88. The van der Waals surface area contributed by atoms with Crippen LogP contribution in [-0.4, -0.2) is 16.5 Å². The average molecular weight is 268 g/mol. The molecule has 3 heteroatoms. The van der Waals surface area contributed by atoms with Crippen molar-refractivity contribution < 1.29 is 0 Å². The van der Waals surface area contributed by atoms with Crippen LogP contribution in [0.5, 0.6) is 0 Å². The third-order valence-electron chi connectivity index (χ3n) is 2.48. The molecule has 0 amide bonds. The normalized spacial score (nSPS) is 12.1. The van der Waals surface area contributed by atoms with E-state index in [2.05, 4.69) is 28.4 Å². The summed E-state index contributed by atoms with van der Waals surface area (Å²) in [4.78, 5) is 0.